The summed E-state index contributed by atoms with van der Waals surface area (Å²) in [6.07, 6.45) is 4.01. The van der Waals surface area contributed by atoms with E-state index in [2.05, 4.69) is 27.5 Å². The largest absolute Gasteiger partial charge is 0.369 e. The number of hydrogen-bond acceptors (Lipinski definition) is 4. The van der Waals surface area contributed by atoms with Gasteiger partial charge in [0.15, 0.2) is 0 Å². The highest BCUT2D eigenvalue weighted by molar-refractivity contribution is 5.75. The van der Waals surface area contributed by atoms with E-state index in [0.29, 0.717) is 13.0 Å². The quantitative estimate of drug-likeness (QED) is 0.753. The van der Waals surface area contributed by atoms with Gasteiger partial charge in [0.2, 0.25) is 5.91 Å². The van der Waals surface area contributed by atoms with Crippen molar-refractivity contribution in [1.29, 1.82) is 0 Å². The summed E-state index contributed by atoms with van der Waals surface area (Å²) in [7, 11) is 1.63. The van der Waals surface area contributed by atoms with Crippen LogP contribution in [0.4, 0.5) is 5.82 Å². The number of anilines is 1. The van der Waals surface area contributed by atoms with Crippen LogP contribution < -0.4 is 10.6 Å². The molecule has 1 aromatic rings. The fourth-order valence-corrected chi connectivity index (χ4v) is 1.32. The molecule has 5 heteroatoms. The zero-order valence-corrected chi connectivity index (χ0v) is 9.79. The Hall–Kier alpha value is -1.65. The van der Waals surface area contributed by atoms with E-state index >= 15 is 0 Å². The zero-order valence-electron chi connectivity index (χ0n) is 9.79. The van der Waals surface area contributed by atoms with Crippen molar-refractivity contribution in [1.82, 2.24) is 15.3 Å². The lowest BCUT2D eigenvalue weighted by Crippen LogP contribution is -2.21. The number of hydrogen-bond donors (Lipinski definition) is 2. The van der Waals surface area contributed by atoms with Crippen molar-refractivity contribution in [2.45, 2.75) is 26.2 Å². The van der Waals surface area contributed by atoms with E-state index in [1.165, 1.54) is 0 Å². The van der Waals surface area contributed by atoms with Gasteiger partial charge in [0.05, 0.1) is 0 Å². The zero-order chi connectivity index (χ0) is 11.8. The molecule has 0 aliphatic carbocycles. The van der Waals surface area contributed by atoms with Gasteiger partial charge in [-0.15, -0.1) is 0 Å². The fourth-order valence-electron chi connectivity index (χ4n) is 1.32. The minimum atomic E-state index is 0.0235. The van der Waals surface area contributed by atoms with Crippen molar-refractivity contribution in [2.75, 3.05) is 18.9 Å². The minimum Gasteiger partial charge on any atom is -0.369 e. The van der Waals surface area contributed by atoms with Crippen molar-refractivity contribution in [3.8, 4) is 0 Å². The number of carbonyl (C=O) groups excluding carboxylic acids is 1. The molecule has 1 rings (SSSR count). The van der Waals surface area contributed by atoms with Crippen LogP contribution in [0.3, 0.4) is 0 Å². The first-order valence-corrected chi connectivity index (χ1v) is 5.51. The number of rotatable bonds is 6. The Labute approximate surface area is 95.7 Å². The maximum Gasteiger partial charge on any atom is 0.221 e. The summed E-state index contributed by atoms with van der Waals surface area (Å²) < 4.78 is 0. The van der Waals surface area contributed by atoms with Gasteiger partial charge in [0.1, 0.15) is 12.1 Å². The van der Waals surface area contributed by atoms with Gasteiger partial charge >= 0.3 is 0 Å². The Morgan fingerprint density at radius 3 is 2.94 bits per heavy atom. The predicted octanol–water partition coefficient (Wildman–Crippen LogP) is 0.977. The van der Waals surface area contributed by atoms with Crippen molar-refractivity contribution >= 4 is 11.7 Å². The fraction of sp³-hybridized carbons (Fsp3) is 0.545. The predicted molar refractivity (Wildman–Crippen MR) is 63.2 cm³/mol. The van der Waals surface area contributed by atoms with E-state index in [1.807, 2.05) is 6.07 Å². The molecule has 0 fully saturated rings. The summed E-state index contributed by atoms with van der Waals surface area (Å²) in [6, 6.07) is 1.92. The average molecular weight is 222 g/mol. The lowest BCUT2D eigenvalue weighted by Gasteiger charge is -2.05. The Bertz CT molecular complexity index is 341. The number of nitrogens with zero attached hydrogens (tertiary/aromatic N) is 2. The minimum absolute atomic E-state index is 0.0235. The Morgan fingerprint density at radius 1 is 1.44 bits per heavy atom. The van der Waals surface area contributed by atoms with Crippen LogP contribution >= 0.6 is 0 Å². The number of amides is 1. The van der Waals surface area contributed by atoms with Crippen LogP contribution in [0.25, 0.3) is 0 Å². The third-order valence-electron chi connectivity index (χ3n) is 2.17. The van der Waals surface area contributed by atoms with E-state index in [-0.39, 0.29) is 5.91 Å². The van der Waals surface area contributed by atoms with Gasteiger partial charge < -0.3 is 10.6 Å². The molecular weight excluding hydrogens is 204 g/mol. The first kappa shape index (κ1) is 12.4. The molecule has 0 aliphatic heterocycles. The van der Waals surface area contributed by atoms with E-state index in [0.717, 1.165) is 24.4 Å². The Balaban J connectivity index is 2.41. The van der Waals surface area contributed by atoms with Crippen LogP contribution in [0.2, 0.25) is 0 Å². The van der Waals surface area contributed by atoms with Crippen LogP contribution in [0.5, 0.6) is 0 Å². The molecule has 0 spiro atoms. The molecule has 0 bridgehead atoms. The Kier molecular flexibility index (Phi) is 5.25. The highest BCUT2D eigenvalue weighted by atomic mass is 16.1. The van der Waals surface area contributed by atoms with Gasteiger partial charge in [-0.25, -0.2) is 9.97 Å². The van der Waals surface area contributed by atoms with E-state index in [9.17, 15) is 4.79 Å². The topological polar surface area (TPSA) is 66.9 Å². The molecule has 88 valence electrons. The summed E-state index contributed by atoms with van der Waals surface area (Å²) in [5.41, 5.74) is 1.03. The van der Waals surface area contributed by atoms with Crippen LogP contribution in [-0.4, -0.2) is 29.5 Å². The van der Waals surface area contributed by atoms with Crippen molar-refractivity contribution in [3.05, 3.63) is 18.1 Å². The van der Waals surface area contributed by atoms with Crippen molar-refractivity contribution < 1.29 is 4.79 Å². The lowest BCUT2D eigenvalue weighted by atomic mass is 10.2. The molecule has 0 aliphatic rings. The molecule has 0 saturated heterocycles. The SMILES string of the molecule is CCCc1cc(NCCC(=O)NC)ncn1. The molecule has 1 aromatic heterocycles. The first-order valence-electron chi connectivity index (χ1n) is 5.51. The van der Waals surface area contributed by atoms with Gasteiger partial charge in [0, 0.05) is 31.8 Å². The molecular formula is C11H18N4O. The molecule has 5 nitrogen and oxygen atoms in total. The summed E-state index contributed by atoms with van der Waals surface area (Å²) >= 11 is 0. The van der Waals surface area contributed by atoms with Gasteiger partial charge in [0.25, 0.3) is 0 Å². The highest BCUT2D eigenvalue weighted by Crippen LogP contribution is 2.05. The standard InChI is InChI=1S/C11H18N4O/c1-3-4-9-7-10(15-8-14-9)13-6-5-11(16)12-2/h7-8H,3-6H2,1-2H3,(H,12,16)(H,13,14,15). The molecule has 0 aromatic carbocycles. The normalized spacial score (nSPS) is 9.88. The third-order valence-corrected chi connectivity index (χ3v) is 2.17. The molecule has 1 heterocycles. The second kappa shape index (κ2) is 6.76. The van der Waals surface area contributed by atoms with E-state index in [4.69, 9.17) is 0 Å². The molecule has 0 atom stereocenters. The number of aromatic nitrogens is 2. The van der Waals surface area contributed by atoms with Gasteiger partial charge in [-0.2, -0.15) is 0 Å². The molecule has 0 saturated carbocycles. The maximum absolute atomic E-state index is 11.0. The molecule has 0 radical (unpaired) electrons. The van der Waals surface area contributed by atoms with Crippen LogP contribution in [-0.2, 0) is 11.2 Å². The van der Waals surface area contributed by atoms with Gasteiger partial charge in [-0.3, -0.25) is 4.79 Å². The average Bonchev–Trinajstić information content (AvgIpc) is 2.30. The van der Waals surface area contributed by atoms with Gasteiger partial charge in [-0.1, -0.05) is 13.3 Å². The highest BCUT2D eigenvalue weighted by Gasteiger charge is 2.00. The summed E-state index contributed by atoms with van der Waals surface area (Å²) in [4.78, 5) is 19.2. The van der Waals surface area contributed by atoms with Crippen molar-refractivity contribution in [3.63, 3.8) is 0 Å². The Morgan fingerprint density at radius 2 is 2.25 bits per heavy atom. The van der Waals surface area contributed by atoms with E-state index in [1.54, 1.807) is 13.4 Å². The number of nitrogens with one attached hydrogen (secondary N) is 2. The molecule has 0 unspecified atom stereocenters. The van der Waals surface area contributed by atoms with E-state index < -0.39 is 0 Å². The summed E-state index contributed by atoms with van der Waals surface area (Å²) in [6.45, 7) is 2.70. The number of aryl methyl sites for hydroxylation is 1. The maximum atomic E-state index is 11.0. The van der Waals surface area contributed by atoms with Crippen LogP contribution in [0, 0.1) is 0 Å². The molecule has 1 amide bonds. The van der Waals surface area contributed by atoms with Crippen LogP contribution in [0.1, 0.15) is 25.5 Å². The third kappa shape index (κ3) is 4.25. The summed E-state index contributed by atoms with van der Waals surface area (Å²) in [5, 5.41) is 5.67. The monoisotopic (exact) mass is 222 g/mol. The lowest BCUT2D eigenvalue weighted by molar-refractivity contribution is -0.120. The second-order valence-corrected chi connectivity index (χ2v) is 3.49. The van der Waals surface area contributed by atoms with Crippen LogP contribution in [0.15, 0.2) is 12.4 Å². The number of carbonyl (C=O) groups is 1. The first-order chi connectivity index (χ1) is 7.76. The summed E-state index contributed by atoms with van der Waals surface area (Å²) in [5.74, 6) is 0.803. The van der Waals surface area contributed by atoms with Gasteiger partial charge in [-0.05, 0) is 6.42 Å². The second-order valence-electron chi connectivity index (χ2n) is 3.49. The smallest absolute Gasteiger partial charge is 0.221 e. The molecule has 16 heavy (non-hydrogen) atoms. The van der Waals surface area contributed by atoms with Crippen molar-refractivity contribution in [2.24, 2.45) is 0 Å². The molecule has 2 N–H and O–H groups in total.